The first-order chi connectivity index (χ1) is 12.7. The van der Waals surface area contributed by atoms with Crippen LogP contribution in [0.15, 0.2) is 32.1 Å². The van der Waals surface area contributed by atoms with Gasteiger partial charge >= 0.3 is 6.18 Å². The van der Waals surface area contributed by atoms with E-state index in [1.165, 1.54) is 6.07 Å². The average molecular weight is 569 g/mol. The van der Waals surface area contributed by atoms with Crippen molar-refractivity contribution in [3.05, 3.63) is 33.6 Å². The highest BCUT2D eigenvalue weighted by molar-refractivity contribution is 14.0. The number of halogens is 4. The molecule has 14 heteroatoms. The summed E-state index contributed by atoms with van der Waals surface area (Å²) in [6.45, 7) is 2.74. The molecule has 2 aromatic rings. The molecule has 0 radical (unpaired) electrons. The average Bonchev–Trinajstić information content (AvgIpc) is 3.27. The first-order valence-electron chi connectivity index (χ1n) is 7.79. The van der Waals surface area contributed by atoms with Gasteiger partial charge in [0.1, 0.15) is 9.22 Å². The normalized spacial score (nSPS) is 12.5. The molecule has 0 amide bonds. The second kappa shape index (κ2) is 11.3. The highest BCUT2D eigenvalue weighted by Crippen LogP contribution is 2.30. The summed E-state index contributed by atoms with van der Waals surface area (Å²) in [6, 6.07) is 3.16. The van der Waals surface area contributed by atoms with Gasteiger partial charge in [-0.05, 0) is 18.4 Å². The van der Waals surface area contributed by atoms with Gasteiger partial charge < -0.3 is 10.6 Å². The Balaban J connectivity index is 0.00000392. The maximum Gasteiger partial charge on any atom is 0.434 e. The fourth-order valence-electron chi connectivity index (χ4n) is 1.86. The van der Waals surface area contributed by atoms with E-state index in [1.54, 1.807) is 11.4 Å². The van der Waals surface area contributed by atoms with Gasteiger partial charge in [-0.2, -0.15) is 13.2 Å². The maximum absolute atomic E-state index is 12.6. The van der Waals surface area contributed by atoms with Crippen LogP contribution in [0.4, 0.5) is 13.2 Å². The number of thiophene rings is 1. The molecule has 0 fully saturated rings. The van der Waals surface area contributed by atoms with E-state index in [0.717, 1.165) is 28.1 Å². The molecule has 0 saturated carbocycles. The van der Waals surface area contributed by atoms with E-state index in [0.29, 0.717) is 12.5 Å². The monoisotopic (exact) mass is 569 g/mol. The number of guanidine groups is 1. The summed E-state index contributed by atoms with van der Waals surface area (Å²) < 4.78 is 64.3. The molecule has 0 atom stereocenters. The van der Waals surface area contributed by atoms with Gasteiger partial charge in [0.05, 0.1) is 6.54 Å². The Morgan fingerprint density at radius 3 is 2.57 bits per heavy atom. The van der Waals surface area contributed by atoms with Crippen molar-refractivity contribution in [2.45, 2.75) is 23.9 Å². The number of aromatic nitrogens is 1. The topological polar surface area (TPSA) is 95.5 Å². The Bertz CT molecular complexity index is 854. The Kier molecular flexibility index (Phi) is 10.1. The molecule has 0 aromatic carbocycles. The predicted molar refractivity (Wildman–Crippen MR) is 115 cm³/mol. The van der Waals surface area contributed by atoms with Gasteiger partial charge in [-0.25, -0.2) is 23.1 Å². The van der Waals surface area contributed by atoms with E-state index < -0.39 is 21.9 Å². The maximum atomic E-state index is 12.6. The molecule has 2 heterocycles. The van der Waals surface area contributed by atoms with Crippen LogP contribution in [-0.4, -0.2) is 39.0 Å². The Hall–Kier alpha value is -0.970. The quantitative estimate of drug-likeness (QED) is 0.197. The zero-order valence-electron chi connectivity index (χ0n) is 14.6. The molecule has 3 N–H and O–H groups in total. The molecule has 0 unspecified atom stereocenters. The van der Waals surface area contributed by atoms with Gasteiger partial charge in [-0.1, -0.05) is 6.07 Å². The van der Waals surface area contributed by atoms with E-state index >= 15 is 0 Å². The SMILES string of the molecule is CCNC(=NCc1nc(C(F)(F)F)cs1)NCCNS(=O)(=O)c1cccs1.I. The van der Waals surface area contributed by atoms with Crippen molar-refractivity contribution >= 4 is 62.6 Å². The van der Waals surface area contributed by atoms with Gasteiger partial charge in [-0.3, -0.25) is 0 Å². The van der Waals surface area contributed by atoms with Crippen LogP contribution in [-0.2, 0) is 22.7 Å². The molecule has 7 nitrogen and oxygen atoms in total. The lowest BCUT2D eigenvalue weighted by Gasteiger charge is -2.11. The number of sulfonamides is 1. The number of thiazole rings is 1. The molecule has 0 saturated heterocycles. The van der Waals surface area contributed by atoms with Gasteiger partial charge in [-0.15, -0.1) is 46.7 Å². The van der Waals surface area contributed by atoms with Crippen molar-refractivity contribution in [1.82, 2.24) is 20.3 Å². The van der Waals surface area contributed by atoms with E-state index in [4.69, 9.17) is 0 Å². The van der Waals surface area contributed by atoms with Gasteiger partial charge in [0.15, 0.2) is 11.7 Å². The van der Waals surface area contributed by atoms with Crippen molar-refractivity contribution < 1.29 is 21.6 Å². The number of alkyl halides is 3. The summed E-state index contributed by atoms with van der Waals surface area (Å²) in [5.41, 5.74) is -0.932. The molecule has 28 heavy (non-hydrogen) atoms. The van der Waals surface area contributed by atoms with Crippen molar-refractivity contribution in [1.29, 1.82) is 0 Å². The number of rotatable bonds is 8. The Morgan fingerprint density at radius 1 is 1.25 bits per heavy atom. The van der Waals surface area contributed by atoms with Gasteiger partial charge in [0.2, 0.25) is 10.0 Å². The van der Waals surface area contributed by atoms with Crippen LogP contribution in [0.1, 0.15) is 17.6 Å². The zero-order valence-corrected chi connectivity index (χ0v) is 19.4. The third kappa shape index (κ3) is 7.81. The zero-order chi connectivity index (χ0) is 19.9. The van der Waals surface area contributed by atoms with Crippen LogP contribution in [0.2, 0.25) is 0 Å². The minimum Gasteiger partial charge on any atom is -0.357 e. The molecule has 158 valence electrons. The number of aliphatic imine (C=N–C) groups is 1. The van der Waals surface area contributed by atoms with Gasteiger partial charge in [0.25, 0.3) is 0 Å². The molecule has 0 spiro atoms. The number of hydrogen-bond donors (Lipinski definition) is 3. The highest BCUT2D eigenvalue weighted by Gasteiger charge is 2.33. The minimum atomic E-state index is -4.47. The van der Waals surface area contributed by atoms with Crippen molar-refractivity contribution in [3.63, 3.8) is 0 Å². The molecule has 0 aliphatic rings. The summed E-state index contributed by atoms with van der Waals surface area (Å²) in [5.74, 6) is 0.358. The van der Waals surface area contributed by atoms with E-state index in [1.807, 2.05) is 6.92 Å². The lowest BCUT2D eigenvalue weighted by atomic mass is 10.5. The fraction of sp³-hybridized carbons (Fsp3) is 0.429. The molecule has 2 aromatic heterocycles. The van der Waals surface area contributed by atoms with E-state index in [9.17, 15) is 21.6 Å². The first-order valence-corrected chi connectivity index (χ1v) is 11.0. The molecule has 2 rings (SSSR count). The molecule has 0 aliphatic heterocycles. The van der Waals surface area contributed by atoms with Crippen molar-refractivity contribution in [2.24, 2.45) is 4.99 Å². The van der Waals surface area contributed by atoms with Crippen LogP contribution in [0.3, 0.4) is 0 Å². The summed E-state index contributed by atoms with van der Waals surface area (Å²) in [4.78, 5) is 7.67. The minimum absolute atomic E-state index is 0. The second-order valence-electron chi connectivity index (χ2n) is 5.08. The Labute approximate surface area is 185 Å². The molecular formula is C14H19F3IN5O2S3. The van der Waals surface area contributed by atoms with Crippen molar-refractivity contribution in [3.8, 4) is 0 Å². The van der Waals surface area contributed by atoms with Crippen LogP contribution in [0.5, 0.6) is 0 Å². The molecule has 0 aliphatic carbocycles. The summed E-state index contributed by atoms with van der Waals surface area (Å²) in [5, 5.41) is 8.70. The predicted octanol–water partition coefficient (Wildman–Crippen LogP) is 2.88. The van der Waals surface area contributed by atoms with Crippen molar-refractivity contribution in [2.75, 3.05) is 19.6 Å². The highest BCUT2D eigenvalue weighted by atomic mass is 127. The van der Waals surface area contributed by atoms with Crippen LogP contribution in [0, 0.1) is 0 Å². The third-order valence-electron chi connectivity index (χ3n) is 3.03. The fourth-order valence-corrected chi connectivity index (χ4v) is 4.65. The second-order valence-corrected chi connectivity index (χ2v) is 8.96. The lowest BCUT2D eigenvalue weighted by Crippen LogP contribution is -2.41. The largest absolute Gasteiger partial charge is 0.434 e. The van der Waals surface area contributed by atoms with E-state index in [-0.39, 0.29) is 52.8 Å². The number of nitrogens with one attached hydrogen (secondary N) is 3. The summed E-state index contributed by atoms with van der Waals surface area (Å²) in [7, 11) is -3.54. The summed E-state index contributed by atoms with van der Waals surface area (Å²) >= 11 is 2.00. The molecule has 0 bridgehead atoms. The number of hydrogen-bond acceptors (Lipinski definition) is 6. The standard InChI is InChI=1S/C14H18F3N5O2S3.HI/c1-2-18-13(20-8-11-22-10(9-26-11)14(15,16)17)19-5-6-21-27(23,24)12-4-3-7-25-12;/h3-4,7,9,21H,2,5-6,8H2,1H3,(H2,18,19,20);1H. The lowest BCUT2D eigenvalue weighted by molar-refractivity contribution is -0.140. The van der Waals surface area contributed by atoms with Crippen LogP contribution in [0.25, 0.3) is 0 Å². The van der Waals surface area contributed by atoms with Crippen LogP contribution < -0.4 is 15.4 Å². The number of nitrogens with zero attached hydrogens (tertiary/aromatic N) is 2. The molecular weight excluding hydrogens is 550 g/mol. The summed E-state index contributed by atoms with van der Waals surface area (Å²) in [6.07, 6.45) is -4.47. The third-order valence-corrected chi connectivity index (χ3v) is 6.72. The Morgan fingerprint density at radius 2 is 2.00 bits per heavy atom. The first kappa shape index (κ1) is 25.1. The van der Waals surface area contributed by atoms with E-state index in [2.05, 4.69) is 25.3 Å². The smallest absolute Gasteiger partial charge is 0.357 e. The van der Waals surface area contributed by atoms with Gasteiger partial charge in [0, 0.05) is 25.0 Å². The van der Waals surface area contributed by atoms with Crippen LogP contribution >= 0.6 is 46.7 Å².